The average molecular weight is 554 g/mol. The van der Waals surface area contributed by atoms with Gasteiger partial charge in [-0.1, -0.05) is 84.9 Å². The SMILES string of the molecule is Cc1ccc2c(oc3cc(C#N)ccc32)c1-c1nc2ccccc2n1-c1c(C(C)C)cc(CC(C)(C)C)cc1C(C)C. The summed E-state index contributed by atoms with van der Waals surface area (Å²) in [6, 6.07) is 25.5. The number of hydrogen-bond acceptors (Lipinski definition) is 3. The van der Waals surface area contributed by atoms with Crippen molar-refractivity contribution in [2.24, 2.45) is 5.41 Å². The third-order valence-electron chi connectivity index (χ3n) is 8.19. The van der Waals surface area contributed by atoms with Crippen LogP contribution in [0, 0.1) is 23.7 Å². The molecule has 0 aliphatic heterocycles. The molecular formula is C38H39N3O. The summed E-state index contributed by atoms with van der Waals surface area (Å²) >= 11 is 0. The van der Waals surface area contributed by atoms with Crippen LogP contribution in [-0.2, 0) is 6.42 Å². The van der Waals surface area contributed by atoms with Gasteiger partial charge in [0.05, 0.1) is 33.9 Å². The number of hydrogen-bond donors (Lipinski definition) is 0. The normalized spacial score (nSPS) is 12.3. The van der Waals surface area contributed by atoms with Gasteiger partial charge >= 0.3 is 0 Å². The quantitative estimate of drug-likeness (QED) is 0.213. The lowest BCUT2D eigenvalue weighted by atomic mass is 9.83. The van der Waals surface area contributed by atoms with Crippen molar-refractivity contribution in [1.29, 1.82) is 5.26 Å². The molecule has 4 heteroatoms. The largest absolute Gasteiger partial charge is 0.455 e. The molecule has 0 N–H and O–H groups in total. The van der Waals surface area contributed by atoms with Crippen molar-refractivity contribution in [2.75, 3.05) is 0 Å². The summed E-state index contributed by atoms with van der Waals surface area (Å²) in [7, 11) is 0. The molecule has 4 nitrogen and oxygen atoms in total. The van der Waals surface area contributed by atoms with Gasteiger partial charge in [0.2, 0.25) is 0 Å². The van der Waals surface area contributed by atoms with Crippen molar-refractivity contribution < 1.29 is 4.42 Å². The predicted octanol–water partition coefficient (Wildman–Crippen LogP) is 10.6. The molecule has 42 heavy (non-hydrogen) atoms. The van der Waals surface area contributed by atoms with Gasteiger partial charge in [0.25, 0.3) is 0 Å². The average Bonchev–Trinajstić information content (AvgIpc) is 3.49. The highest BCUT2D eigenvalue weighted by Crippen LogP contribution is 2.43. The molecule has 4 aromatic carbocycles. The van der Waals surface area contributed by atoms with Gasteiger partial charge in [0.1, 0.15) is 17.0 Å². The van der Waals surface area contributed by atoms with Crippen LogP contribution in [0.5, 0.6) is 0 Å². The van der Waals surface area contributed by atoms with Crippen LogP contribution in [-0.4, -0.2) is 9.55 Å². The van der Waals surface area contributed by atoms with E-state index < -0.39 is 0 Å². The van der Waals surface area contributed by atoms with E-state index in [4.69, 9.17) is 9.40 Å². The first-order valence-corrected chi connectivity index (χ1v) is 15.0. The zero-order valence-electron chi connectivity index (χ0n) is 26.0. The maximum atomic E-state index is 9.51. The standard InChI is InChI=1S/C38H39N3O/c1-22(2)29-17-26(20-38(6,7)8)18-30(23(3)4)35(29)41-32-12-10-9-11-31(32)40-37(41)34-24(5)13-15-28-27-16-14-25(21-39)19-33(27)42-36(28)34/h9-19,22-23H,20H2,1-8H3. The van der Waals surface area contributed by atoms with Gasteiger partial charge in [-0.3, -0.25) is 4.57 Å². The van der Waals surface area contributed by atoms with Crippen molar-refractivity contribution in [3.05, 3.63) is 94.5 Å². The maximum absolute atomic E-state index is 9.51. The number of furan rings is 1. The lowest BCUT2D eigenvalue weighted by molar-refractivity contribution is 0.411. The van der Waals surface area contributed by atoms with E-state index in [1.54, 1.807) is 0 Å². The molecule has 0 saturated carbocycles. The molecule has 0 unspecified atom stereocenters. The molecule has 0 aliphatic rings. The van der Waals surface area contributed by atoms with Gasteiger partial charge in [-0.05, 0) is 83.2 Å². The third-order valence-corrected chi connectivity index (χ3v) is 8.19. The first kappa shape index (κ1) is 27.8. The predicted molar refractivity (Wildman–Crippen MR) is 175 cm³/mol. The summed E-state index contributed by atoms with van der Waals surface area (Å²) < 4.78 is 8.96. The van der Waals surface area contributed by atoms with Gasteiger partial charge in [0.15, 0.2) is 0 Å². The Morgan fingerprint density at radius 3 is 2.19 bits per heavy atom. The number of aromatic nitrogens is 2. The molecule has 0 spiro atoms. The third kappa shape index (κ3) is 4.68. The van der Waals surface area contributed by atoms with Crippen LogP contribution in [0.4, 0.5) is 0 Å². The van der Waals surface area contributed by atoms with Crippen LogP contribution in [0.25, 0.3) is 50.0 Å². The zero-order chi connectivity index (χ0) is 29.9. The minimum absolute atomic E-state index is 0.191. The topological polar surface area (TPSA) is 54.8 Å². The molecule has 0 radical (unpaired) electrons. The van der Waals surface area contributed by atoms with Crippen LogP contribution in [0.2, 0.25) is 0 Å². The number of nitrogens with zero attached hydrogens (tertiary/aromatic N) is 3. The fourth-order valence-corrected chi connectivity index (χ4v) is 6.30. The molecule has 2 aromatic heterocycles. The fourth-order valence-electron chi connectivity index (χ4n) is 6.30. The van der Waals surface area contributed by atoms with E-state index in [1.807, 2.05) is 18.2 Å². The van der Waals surface area contributed by atoms with Crippen LogP contribution >= 0.6 is 0 Å². The Balaban J connectivity index is 1.74. The summed E-state index contributed by atoms with van der Waals surface area (Å²) in [5, 5.41) is 11.5. The number of imidazole rings is 1. The molecular weight excluding hydrogens is 514 g/mol. The highest BCUT2D eigenvalue weighted by molar-refractivity contribution is 6.10. The Kier molecular flexibility index (Phi) is 6.73. The van der Waals surface area contributed by atoms with Gasteiger partial charge in [-0.2, -0.15) is 5.26 Å². The molecule has 0 bridgehead atoms. The molecule has 0 atom stereocenters. The van der Waals surface area contributed by atoms with Gasteiger partial charge < -0.3 is 4.42 Å². The molecule has 0 saturated heterocycles. The van der Waals surface area contributed by atoms with E-state index in [9.17, 15) is 5.26 Å². The van der Waals surface area contributed by atoms with Crippen molar-refractivity contribution in [3.8, 4) is 23.1 Å². The minimum atomic E-state index is 0.191. The van der Waals surface area contributed by atoms with Crippen molar-refractivity contribution in [3.63, 3.8) is 0 Å². The number of nitriles is 1. The number of rotatable bonds is 5. The second-order valence-electron chi connectivity index (χ2n) is 13.5. The summed E-state index contributed by atoms with van der Waals surface area (Å²) in [4.78, 5) is 5.31. The highest BCUT2D eigenvalue weighted by Gasteiger charge is 2.27. The second kappa shape index (κ2) is 10.2. The second-order valence-corrected chi connectivity index (χ2v) is 13.5. The Labute approximate surface area is 248 Å². The molecule has 212 valence electrons. The fraction of sp³-hybridized carbons (Fsp3) is 0.316. The Morgan fingerprint density at radius 1 is 0.881 bits per heavy atom. The molecule has 0 amide bonds. The summed E-state index contributed by atoms with van der Waals surface area (Å²) in [6.45, 7) is 18.2. The smallest absolute Gasteiger partial charge is 0.149 e. The summed E-state index contributed by atoms with van der Waals surface area (Å²) in [5.41, 5.74) is 11.7. The van der Waals surface area contributed by atoms with Crippen molar-refractivity contribution >= 4 is 33.0 Å². The molecule has 0 aliphatic carbocycles. The first-order valence-electron chi connectivity index (χ1n) is 15.0. The van der Waals surface area contributed by atoms with Gasteiger partial charge in [-0.15, -0.1) is 0 Å². The van der Waals surface area contributed by atoms with Crippen LogP contribution in [0.15, 0.2) is 71.1 Å². The van der Waals surface area contributed by atoms with Gasteiger partial charge in [-0.25, -0.2) is 4.98 Å². The maximum Gasteiger partial charge on any atom is 0.149 e. The monoisotopic (exact) mass is 553 g/mol. The van der Waals surface area contributed by atoms with Crippen LogP contribution in [0.3, 0.4) is 0 Å². The van der Waals surface area contributed by atoms with E-state index in [0.717, 1.165) is 56.3 Å². The molecule has 2 heterocycles. The zero-order valence-corrected chi connectivity index (χ0v) is 26.0. The number of benzene rings is 4. The molecule has 6 aromatic rings. The van der Waals surface area contributed by atoms with Crippen molar-refractivity contribution in [1.82, 2.24) is 9.55 Å². The van der Waals surface area contributed by atoms with E-state index >= 15 is 0 Å². The molecule has 6 rings (SSSR count). The van der Waals surface area contributed by atoms with E-state index in [0.29, 0.717) is 17.4 Å². The summed E-state index contributed by atoms with van der Waals surface area (Å²) in [6.07, 6.45) is 1.02. The Hall–Kier alpha value is -4.36. The molecule has 0 fully saturated rings. The number of fused-ring (bicyclic) bond motifs is 4. The van der Waals surface area contributed by atoms with Crippen molar-refractivity contribution in [2.45, 2.75) is 73.6 Å². The van der Waals surface area contributed by atoms with E-state index in [2.05, 4.69) is 115 Å². The summed E-state index contributed by atoms with van der Waals surface area (Å²) in [5.74, 6) is 1.52. The number of aryl methyl sites for hydroxylation is 1. The lowest BCUT2D eigenvalue weighted by Gasteiger charge is -2.26. The van der Waals surface area contributed by atoms with E-state index in [-0.39, 0.29) is 5.41 Å². The van der Waals surface area contributed by atoms with E-state index in [1.165, 1.54) is 22.4 Å². The Bertz CT molecular complexity index is 1990. The number of para-hydroxylation sites is 2. The lowest BCUT2D eigenvalue weighted by Crippen LogP contribution is -2.14. The van der Waals surface area contributed by atoms with Crippen LogP contribution in [0.1, 0.15) is 88.1 Å². The van der Waals surface area contributed by atoms with Gasteiger partial charge in [0, 0.05) is 10.8 Å². The van der Waals surface area contributed by atoms with Crippen LogP contribution < -0.4 is 0 Å². The minimum Gasteiger partial charge on any atom is -0.455 e. The highest BCUT2D eigenvalue weighted by atomic mass is 16.3. The Morgan fingerprint density at radius 2 is 1.55 bits per heavy atom. The first-order chi connectivity index (χ1) is 20.0.